The van der Waals surface area contributed by atoms with E-state index in [-0.39, 0.29) is 0 Å². The number of nitrogens with one attached hydrogen (secondary N) is 1. The summed E-state index contributed by atoms with van der Waals surface area (Å²) in [5.41, 5.74) is 12.1. The van der Waals surface area contributed by atoms with E-state index in [0.29, 0.717) is 0 Å². The Morgan fingerprint density at radius 1 is 1.11 bits per heavy atom. The van der Waals surface area contributed by atoms with Crippen molar-refractivity contribution in [2.75, 3.05) is 5.73 Å². The molecule has 1 aromatic heterocycles. The minimum Gasteiger partial charge on any atom is -0.398 e. The van der Waals surface area contributed by atoms with Gasteiger partial charge in [-0.05, 0) is 43.2 Å². The molecule has 0 aliphatic heterocycles. The van der Waals surface area contributed by atoms with Gasteiger partial charge in [-0.2, -0.15) is 0 Å². The summed E-state index contributed by atoms with van der Waals surface area (Å²) in [5.74, 6) is 0.875. The number of fused-ring (bicyclic) bond motifs is 1. The molecule has 18 heavy (non-hydrogen) atoms. The van der Waals surface area contributed by atoms with Crippen LogP contribution in [0.1, 0.15) is 11.1 Å². The highest BCUT2D eigenvalue weighted by molar-refractivity contribution is 5.81. The molecule has 1 heterocycles. The summed E-state index contributed by atoms with van der Waals surface area (Å²) >= 11 is 0. The monoisotopic (exact) mass is 237 g/mol. The van der Waals surface area contributed by atoms with Gasteiger partial charge in [-0.25, -0.2) is 4.98 Å². The molecule has 3 N–H and O–H groups in total. The van der Waals surface area contributed by atoms with E-state index >= 15 is 0 Å². The average Bonchev–Trinajstić information content (AvgIpc) is 2.75. The normalized spacial score (nSPS) is 11.0. The Hall–Kier alpha value is -2.29. The van der Waals surface area contributed by atoms with Crippen LogP contribution >= 0.6 is 0 Å². The molecule has 3 rings (SSSR count). The van der Waals surface area contributed by atoms with Crippen LogP contribution in [0.15, 0.2) is 36.4 Å². The molecule has 0 saturated heterocycles. The fourth-order valence-corrected chi connectivity index (χ4v) is 2.16. The highest BCUT2D eigenvalue weighted by Gasteiger charge is 2.09. The average molecular weight is 237 g/mol. The maximum atomic E-state index is 5.93. The lowest BCUT2D eigenvalue weighted by Crippen LogP contribution is -1.92. The number of benzene rings is 2. The Morgan fingerprint density at radius 3 is 2.78 bits per heavy atom. The largest absolute Gasteiger partial charge is 0.398 e. The van der Waals surface area contributed by atoms with E-state index in [9.17, 15) is 0 Å². The van der Waals surface area contributed by atoms with E-state index in [2.05, 4.69) is 29.0 Å². The van der Waals surface area contributed by atoms with Gasteiger partial charge in [0.25, 0.3) is 0 Å². The Morgan fingerprint density at radius 2 is 1.94 bits per heavy atom. The minimum absolute atomic E-state index is 0.795. The molecule has 2 aromatic carbocycles. The summed E-state index contributed by atoms with van der Waals surface area (Å²) in [7, 11) is 0. The van der Waals surface area contributed by atoms with Crippen molar-refractivity contribution >= 4 is 16.7 Å². The van der Waals surface area contributed by atoms with Gasteiger partial charge in [0.15, 0.2) is 0 Å². The van der Waals surface area contributed by atoms with Gasteiger partial charge in [-0.3, -0.25) is 0 Å². The Bertz CT molecular complexity index is 726. The molecule has 0 fully saturated rings. The zero-order valence-electron chi connectivity index (χ0n) is 10.5. The maximum absolute atomic E-state index is 5.93. The summed E-state index contributed by atoms with van der Waals surface area (Å²) in [6.07, 6.45) is 0. The van der Waals surface area contributed by atoms with Crippen molar-refractivity contribution in [1.82, 2.24) is 9.97 Å². The molecule has 3 heteroatoms. The molecule has 90 valence electrons. The number of nitrogens with zero attached hydrogens (tertiary/aromatic N) is 1. The lowest BCUT2D eigenvalue weighted by atomic mass is 10.1. The lowest BCUT2D eigenvalue weighted by molar-refractivity contribution is 1.31. The van der Waals surface area contributed by atoms with Crippen LogP contribution in [-0.4, -0.2) is 9.97 Å². The van der Waals surface area contributed by atoms with Crippen molar-refractivity contribution in [3.8, 4) is 11.4 Å². The molecule has 0 aliphatic rings. The van der Waals surface area contributed by atoms with Crippen molar-refractivity contribution in [3.63, 3.8) is 0 Å². The van der Waals surface area contributed by atoms with Crippen molar-refractivity contribution in [2.45, 2.75) is 13.8 Å². The third-order valence-corrected chi connectivity index (χ3v) is 3.27. The molecule has 0 bridgehead atoms. The molecule has 0 aliphatic carbocycles. The number of rotatable bonds is 1. The van der Waals surface area contributed by atoms with Crippen LogP contribution in [0.4, 0.5) is 5.69 Å². The number of imidazole rings is 1. The second-order valence-corrected chi connectivity index (χ2v) is 4.63. The number of aryl methyl sites for hydroxylation is 1. The van der Waals surface area contributed by atoms with Crippen molar-refractivity contribution in [3.05, 3.63) is 47.5 Å². The molecule has 0 saturated carbocycles. The van der Waals surface area contributed by atoms with Crippen molar-refractivity contribution in [1.29, 1.82) is 0 Å². The van der Waals surface area contributed by atoms with Crippen LogP contribution in [0.5, 0.6) is 0 Å². The number of nitrogen functional groups attached to an aromatic ring is 1. The Balaban J connectivity index is 2.22. The standard InChI is InChI=1S/C15H15N3/c1-9-6-7-13-14(8-9)18-15(17-13)11-4-3-5-12(16)10(11)2/h3-8H,16H2,1-2H3,(H,17,18). The molecule has 0 atom stereocenters. The maximum Gasteiger partial charge on any atom is 0.138 e. The Labute approximate surface area is 106 Å². The number of nitrogens with two attached hydrogens (primary N) is 1. The van der Waals surface area contributed by atoms with Gasteiger partial charge in [-0.1, -0.05) is 18.2 Å². The van der Waals surface area contributed by atoms with E-state index in [1.807, 2.05) is 31.2 Å². The number of H-pyrrole nitrogens is 1. The molecule has 0 amide bonds. The van der Waals surface area contributed by atoms with Crippen LogP contribution in [-0.2, 0) is 0 Å². The number of aromatic amines is 1. The smallest absolute Gasteiger partial charge is 0.138 e. The molecule has 0 spiro atoms. The fourth-order valence-electron chi connectivity index (χ4n) is 2.16. The SMILES string of the molecule is Cc1ccc2nc(-c3cccc(N)c3C)[nH]c2c1. The highest BCUT2D eigenvalue weighted by Crippen LogP contribution is 2.26. The quantitative estimate of drug-likeness (QED) is 0.637. The van der Waals surface area contributed by atoms with Crippen molar-refractivity contribution in [2.24, 2.45) is 0 Å². The van der Waals surface area contributed by atoms with E-state index in [1.165, 1.54) is 5.56 Å². The molecular formula is C15H15N3. The van der Waals surface area contributed by atoms with Crippen LogP contribution in [0.2, 0.25) is 0 Å². The van der Waals surface area contributed by atoms with Crippen LogP contribution in [0, 0.1) is 13.8 Å². The van der Waals surface area contributed by atoms with Crippen molar-refractivity contribution < 1.29 is 0 Å². The van der Waals surface area contributed by atoms with Gasteiger partial charge in [0.05, 0.1) is 11.0 Å². The lowest BCUT2D eigenvalue weighted by Gasteiger charge is -2.04. The third-order valence-electron chi connectivity index (χ3n) is 3.27. The first-order valence-electron chi connectivity index (χ1n) is 5.97. The fraction of sp³-hybridized carbons (Fsp3) is 0.133. The summed E-state index contributed by atoms with van der Waals surface area (Å²) in [5, 5.41) is 0. The Kier molecular flexibility index (Phi) is 2.33. The highest BCUT2D eigenvalue weighted by atomic mass is 14.9. The van der Waals surface area contributed by atoms with E-state index in [0.717, 1.165) is 33.7 Å². The van der Waals surface area contributed by atoms with Crippen LogP contribution in [0.3, 0.4) is 0 Å². The molecular weight excluding hydrogens is 222 g/mol. The summed E-state index contributed by atoms with van der Waals surface area (Å²) in [6.45, 7) is 4.09. The van der Waals surface area contributed by atoms with E-state index in [1.54, 1.807) is 0 Å². The first-order valence-corrected chi connectivity index (χ1v) is 5.97. The summed E-state index contributed by atoms with van der Waals surface area (Å²) in [4.78, 5) is 7.97. The number of aromatic nitrogens is 2. The molecule has 0 unspecified atom stereocenters. The molecule has 3 aromatic rings. The molecule has 3 nitrogen and oxygen atoms in total. The van der Waals surface area contributed by atoms with Gasteiger partial charge >= 0.3 is 0 Å². The van der Waals surface area contributed by atoms with Gasteiger partial charge in [0.2, 0.25) is 0 Å². The van der Waals surface area contributed by atoms with Crippen LogP contribution in [0.25, 0.3) is 22.4 Å². The third kappa shape index (κ3) is 1.64. The van der Waals surface area contributed by atoms with Gasteiger partial charge in [-0.15, -0.1) is 0 Å². The predicted molar refractivity (Wildman–Crippen MR) is 75.4 cm³/mol. The number of hydrogen-bond acceptors (Lipinski definition) is 2. The topological polar surface area (TPSA) is 54.7 Å². The van der Waals surface area contributed by atoms with Gasteiger partial charge in [0.1, 0.15) is 5.82 Å². The number of anilines is 1. The second kappa shape index (κ2) is 3.88. The van der Waals surface area contributed by atoms with E-state index in [4.69, 9.17) is 5.73 Å². The zero-order chi connectivity index (χ0) is 12.7. The van der Waals surface area contributed by atoms with Gasteiger partial charge < -0.3 is 10.7 Å². The van der Waals surface area contributed by atoms with Crippen LogP contribution < -0.4 is 5.73 Å². The predicted octanol–water partition coefficient (Wildman–Crippen LogP) is 3.43. The zero-order valence-corrected chi connectivity index (χ0v) is 10.5. The first kappa shape index (κ1) is 10.8. The first-order chi connectivity index (χ1) is 8.65. The van der Waals surface area contributed by atoms with E-state index < -0.39 is 0 Å². The van der Waals surface area contributed by atoms with Gasteiger partial charge in [0, 0.05) is 11.3 Å². The summed E-state index contributed by atoms with van der Waals surface area (Å²) < 4.78 is 0. The minimum atomic E-state index is 0.795. The second-order valence-electron chi connectivity index (χ2n) is 4.63. The number of hydrogen-bond donors (Lipinski definition) is 2. The molecule has 0 radical (unpaired) electrons. The summed E-state index contributed by atoms with van der Waals surface area (Å²) in [6, 6.07) is 12.1.